The Morgan fingerprint density at radius 2 is 1.67 bits per heavy atom. The lowest BCUT2D eigenvalue weighted by atomic mass is 9.97. The molecule has 0 saturated heterocycles. The average Bonchev–Trinajstić information content (AvgIpc) is 2.14. The van der Waals surface area contributed by atoms with Crippen molar-refractivity contribution in [1.82, 2.24) is 10.6 Å². The second-order valence-electron chi connectivity index (χ2n) is 4.48. The Balaban J connectivity index is 2.04. The molecule has 0 aromatic heterocycles. The van der Waals surface area contributed by atoms with Crippen LogP contribution in [0.25, 0.3) is 0 Å². The quantitative estimate of drug-likeness (QED) is 0.698. The van der Waals surface area contributed by atoms with Crippen molar-refractivity contribution >= 4 is 5.91 Å². The van der Waals surface area contributed by atoms with Crippen LogP contribution in [0.4, 0.5) is 0 Å². The van der Waals surface area contributed by atoms with Crippen LogP contribution in [-0.2, 0) is 4.79 Å². The third kappa shape index (κ3) is 6.50. The van der Waals surface area contributed by atoms with E-state index in [-0.39, 0.29) is 5.91 Å². The van der Waals surface area contributed by atoms with Gasteiger partial charge in [-0.2, -0.15) is 0 Å². The summed E-state index contributed by atoms with van der Waals surface area (Å²) in [6.45, 7) is 3.23. The molecule has 3 heteroatoms. The molecule has 0 radical (unpaired) electrons. The van der Waals surface area contributed by atoms with Gasteiger partial charge < -0.3 is 10.6 Å². The Kier molecular flexibility index (Phi) is 6.41. The van der Waals surface area contributed by atoms with Crippen molar-refractivity contribution in [1.29, 1.82) is 0 Å². The zero-order chi connectivity index (χ0) is 10.9. The summed E-state index contributed by atoms with van der Waals surface area (Å²) in [6, 6.07) is 0.680. The van der Waals surface area contributed by atoms with Gasteiger partial charge in [-0.1, -0.05) is 32.1 Å². The summed E-state index contributed by atoms with van der Waals surface area (Å²) < 4.78 is 0. The molecule has 0 spiro atoms. The number of nitrogens with one attached hydrogen (secondary N) is 2. The molecular weight excluding hydrogens is 188 g/mol. The highest BCUT2D eigenvalue weighted by Gasteiger charge is 2.09. The van der Waals surface area contributed by atoms with E-state index in [4.69, 9.17) is 0 Å². The van der Waals surface area contributed by atoms with Crippen molar-refractivity contribution in [2.75, 3.05) is 13.1 Å². The van der Waals surface area contributed by atoms with Gasteiger partial charge in [0.05, 0.1) is 0 Å². The standard InChI is InChI=1S/C12H24N2O/c1-11(15)13-9-10-14-12-7-5-3-2-4-6-8-12/h12,14H,2-10H2,1H3,(H,13,15). The van der Waals surface area contributed by atoms with E-state index in [2.05, 4.69) is 10.6 Å². The molecule has 1 aliphatic carbocycles. The summed E-state index contributed by atoms with van der Waals surface area (Å²) in [4.78, 5) is 10.7. The molecule has 1 fully saturated rings. The first-order valence-electron chi connectivity index (χ1n) is 6.27. The number of carbonyl (C=O) groups excluding carboxylic acids is 1. The van der Waals surface area contributed by atoms with Gasteiger partial charge in [0.15, 0.2) is 0 Å². The van der Waals surface area contributed by atoms with Crippen molar-refractivity contribution in [2.24, 2.45) is 0 Å². The van der Waals surface area contributed by atoms with E-state index >= 15 is 0 Å². The van der Waals surface area contributed by atoms with Gasteiger partial charge in [0.2, 0.25) is 5.91 Å². The van der Waals surface area contributed by atoms with Gasteiger partial charge in [0.25, 0.3) is 0 Å². The second kappa shape index (κ2) is 7.69. The molecule has 15 heavy (non-hydrogen) atoms. The van der Waals surface area contributed by atoms with Crippen LogP contribution >= 0.6 is 0 Å². The van der Waals surface area contributed by atoms with E-state index in [1.165, 1.54) is 44.9 Å². The maximum absolute atomic E-state index is 10.7. The van der Waals surface area contributed by atoms with Crippen molar-refractivity contribution in [2.45, 2.75) is 57.9 Å². The van der Waals surface area contributed by atoms with E-state index in [1.54, 1.807) is 6.92 Å². The van der Waals surface area contributed by atoms with Crippen LogP contribution < -0.4 is 10.6 Å². The van der Waals surface area contributed by atoms with Crippen molar-refractivity contribution in [3.05, 3.63) is 0 Å². The molecule has 1 amide bonds. The van der Waals surface area contributed by atoms with E-state index in [0.717, 1.165) is 13.1 Å². The predicted octanol–water partition coefficient (Wildman–Crippen LogP) is 1.82. The SMILES string of the molecule is CC(=O)NCCNC1CCCCCCC1. The summed E-state index contributed by atoms with van der Waals surface area (Å²) in [5, 5.41) is 6.34. The molecule has 2 N–H and O–H groups in total. The number of rotatable bonds is 4. The Labute approximate surface area is 93.0 Å². The molecule has 1 saturated carbocycles. The third-order valence-corrected chi connectivity index (χ3v) is 3.04. The van der Waals surface area contributed by atoms with E-state index in [0.29, 0.717) is 6.04 Å². The first kappa shape index (κ1) is 12.5. The lowest BCUT2D eigenvalue weighted by molar-refractivity contribution is -0.118. The van der Waals surface area contributed by atoms with E-state index in [9.17, 15) is 4.79 Å². The van der Waals surface area contributed by atoms with E-state index in [1.807, 2.05) is 0 Å². The first-order valence-corrected chi connectivity index (χ1v) is 6.27. The monoisotopic (exact) mass is 212 g/mol. The molecule has 0 heterocycles. The molecule has 88 valence electrons. The van der Waals surface area contributed by atoms with Gasteiger partial charge in [-0.25, -0.2) is 0 Å². The first-order chi connectivity index (χ1) is 7.29. The molecule has 0 aromatic rings. The van der Waals surface area contributed by atoms with Crippen LogP contribution in [0.1, 0.15) is 51.9 Å². The summed E-state index contributed by atoms with van der Waals surface area (Å²) in [5.74, 6) is 0.0643. The van der Waals surface area contributed by atoms with Crippen molar-refractivity contribution in [3.63, 3.8) is 0 Å². The molecule has 0 atom stereocenters. The highest BCUT2D eigenvalue weighted by Crippen LogP contribution is 2.16. The zero-order valence-corrected chi connectivity index (χ0v) is 9.85. The molecule has 3 nitrogen and oxygen atoms in total. The van der Waals surface area contributed by atoms with Gasteiger partial charge in [0, 0.05) is 26.1 Å². The normalized spacial score (nSPS) is 19.3. The van der Waals surface area contributed by atoms with E-state index < -0.39 is 0 Å². The number of amides is 1. The van der Waals surface area contributed by atoms with Crippen LogP contribution in [0.15, 0.2) is 0 Å². The highest BCUT2D eigenvalue weighted by atomic mass is 16.1. The Bertz CT molecular complexity index is 174. The number of carbonyl (C=O) groups is 1. The summed E-state index contributed by atoms with van der Waals surface area (Å²) in [7, 11) is 0. The maximum Gasteiger partial charge on any atom is 0.216 e. The fourth-order valence-corrected chi connectivity index (χ4v) is 2.18. The molecule has 1 rings (SSSR count). The Morgan fingerprint density at radius 1 is 1.07 bits per heavy atom. The van der Waals surface area contributed by atoms with Crippen LogP contribution in [-0.4, -0.2) is 25.0 Å². The molecule has 0 aliphatic heterocycles. The molecule has 0 bridgehead atoms. The highest BCUT2D eigenvalue weighted by molar-refractivity contribution is 5.72. The fraction of sp³-hybridized carbons (Fsp3) is 0.917. The minimum absolute atomic E-state index is 0.0643. The Morgan fingerprint density at radius 3 is 2.27 bits per heavy atom. The fourth-order valence-electron chi connectivity index (χ4n) is 2.18. The van der Waals surface area contributed by atoms with Crippen LogP contribution in [0, 0.1) is 0 Å². The molecule has 0 aromatic carbocycles. The zero-order valence-electron chi connectivity index (χ0n) is 9.85. The van der Waals surface area contributed by atoms with Gasteiger partial charge in [-0.15, -0.1) is 0 Å². The topological polar surface area (TPSA) is 41.1 Å². The van der Waals surface area contributed by atoms with Crippen LogP contribution in [0.3, 0.4) is 0 Å². The second-order valence-corrected chi connectivity index (χ2v) is 4.48. The number of hydrogen-bond acceptors (Lipinski definition) is 2. The molecule has 0 unspecified atom stereocenters. The summed E-state index contributed by atoms with van der Waals surface area (Å²) in [6.07, 6.45) is 9.53. The third-order valence-electron chi connectivity index (χ3n) is 3.04. The van der Waals surface area contributed by atoms with Crippen LogP contribution in [0.2, 0.25) is 0 Å². The molecular formula is C12H24N2O. The Hall–Kier alpha value is -0.570. The van der Waals surface area contributed by atoms with Gasteiger partial charge >= 0.3 is 0 Å². The minimum atomic E-state index is 0.0643. The van der Waals surface area contributed by atoms with Crippen molar-refractivity contribution < 1.29 is 4.79 Å². The minimum Gasteiger partial charge on any atom is -0.355 e. The van der Waals surface area contributed by atoms with Crippen LogP contribution in [0.5, 0.6) is 0 Å². The largest absolute Gasteiger partial charge is 0.355 e. The maximum atomic E-state index is 10.7. The lowest BCUT2D eigenvalue weighted by Gasteiger charge is -2.21. The predicted molar refractivity (Wildman–Crippen MR) is 62.8 cm³/mol. The van der Waals surface area contributed by atoms with Gasteiger partial charge in [-0.05, 0) is 12.8 Å². The van der Waals surface area contributed by atoms with Gasteiger partial charge in [-0.3, -0.25) is 4.79 Å². The molecule has 1 aliphatic rings. The van der Waals surface area contributed by atoms with Crippen molar-refractivity contribution in [3.8, 4) is 0 Å². The smallest absolute Gasteiger partial charge is 0.216 e. The summed E-state index contributed by atoms with van der Waals surface area (Å²) in [5.41, 5.74) is 0. The van der Waals surface area contributed by atoms with Gasteiger partial charge in [0.1, 0.15) is 0 Å². The lowest BCUT2D eigenvalue weighted by Crippen LogP contribution is -2.36. The average molecular weight is 212 g/mol. The number of hydrogen-bond donors (Lipinski definition) is 2. The summed E-state index contributed by atoms with van der Waals surface area (Å²) >= 11 is 0.